The van der Waals surface area contributed by atoms with Gasteiger partial charge in [-0.05, 0) is 62.0 Å². The molecule has 3 fully saturated rings. The standard InChI is InChI=1S/C22H27FO4/c1-12-8-16-15-5-4-13-9-14(25)6-7-21(13,3)22(15,23)18(27)10-20(16,2)19(12)17(26)11-24/h6-7,9,11-12,15-16,18-19,27H,4-5,8,10H2,1-3H3/t12-,15-,16-,18-,19?,20-,21-,22-/m0/s1. The van der Waals surface area contributed by atoms with Crippen LogP contribution < -0.4 is 0 Å². The van der Waals surface area contributed by atoms with Gasteiger partial charge in [0, 0.05) is 17.3 Å². The van der Waals surface area contributed by atoms with Gasteiger partial charge in [-0.15, -0.1) is 0 Å². The summed E-state index contributed by atoms with van der Waals surface area (Å²) in [5.41, 5.74) is -2.72. The summed E-state index contributed by atoms with van der Waals surface area (Å²) in [6.45, 7) is 5.69. The third-order valence-electron chi connectivity index (χ3n) is 8.40. The van der Waals surface area contributed by atoms with Crippen molar-refractivity contribution in [3.63, 3.8) is 0 Å². The normalized spacial score (nSPS) is 51.1. The fraction of sp³-hybridized carbons (Fsp3) is 0.682. The molecule has 1 unspecified atom stereocenters. The van der Waals surface area contributed by atoms with Gasteiger partial charge in [0.1, 0.15) is 0 Å². The van der Waals surface area contributed by atoms with E-state index >= 15 is 4.39 Å². The van der Waals surface area contributed by atoms with E-state index in [2.05, 4.69) is 0 Å². The number of allylic oxidation sites excluding steroid dienone is 4. The number of alkyl halides is 1. The number of ketones is 2. The van der Waals surface area contributed by atoms with Crippen molar-refractivity contribution < 1.29 is 23.9 Å². The molecular formula is C22H27FO4. The average Bonchev–Trinajstić information content (AvgIpc) is 2.86. The van der Waals surface area contributed by atoms with Crippen molar-refractivity contribution in [2.45, 2.75) is 58.2 Å². The van der Waals surface area contributed by atoms with E-state index in [4.69, 9.17) is 0 Å². The van der Waals surface area contributed by atoms with Crippen molar-refractivity contribution in [2.24, 2.45) is 34.5 Å². The first-order chi connectivity index (χ1) is 12.6. The lowest BCUT2D eigenvalue weighted by Crippen LogP contribution is -2.66. The van der Waals surface area contributed by atoms with E-state index in [1.165, 1.54) is 12.2 Å². The number of aliphatic hydroxyl groups is 1. The molecule has 8 atom stereocenters. The summed E-state index contributed by atoms with van der Waals surface area (Å²) in [6.07, 6.45) is 5.70. The molecule has 1 N–H and O–H groups in total. The zero-order chi connectivity index (χ0) is 19.8. The molecule has 0 heterocycles. The van der Waals surface area contributed by atoms with Crippen LogP contribution in [-0.4, -0.2) is 34.7 Å². The molecule has 0 spiro atoms. The van der Waals surface area contributed by atoms with Gasteiger partial charge in [0.05, 0.1) is 6.10 Å². The molecule has 4 aliphatic rings. The number of carbonyl (C=O) groups excluding carboxylic acids is 3. The van der Waals surface area contributed by atoms with Gasteiger partial charge >= 0.3 is 0 Å². The Morgan fingerprint density at radius 3 is 2.70 bits per heavy atom. The Morgan fingerprint density at radius 2 is 2.04 bits per heavy atom. The summed E-state index contributed by atoms with van der Waals surface area (Å²) >= 11 is 0. The van der Waals surface area contributed by atoms with Crippen LogP contribution in [0, 0.1) is 34.5 Å². The first-order valence-electron chi connectivity index (χ1n) is 9.90. The van der Waals surface area contributed by atoms with E-state index in [-0.39, 0.29) is 24.0 Å². The molecule has 0 saturated heterocycles. The monoisotopic (exact) mass is 374 g/mol. The highest BCUT2D eigenvalue weighted by molar-refractivity contribution is 6.26. The maximum Gasteiger partial charge on any atom is 0.199 e. The van der Waals surface area contributed by atoms with Crippen LogP contribution in [0.2, 0.25) is 0 Å². The summed E-state index contributed by atoms with van der Waals surface area (Å²) in [7, 11) is 0. The molecule has 0 radical (unpaired) electrons. The Balaban J connectivity index is 1.81. The summed E-state index contributed by atoms with van der Waals surface area (Å²) < 4.78 is 16.8. The van der Waals surface area contributed by atoms with Crippen molar-refractivity contribution in [3.05, 3.63) is 23.8 Å². The third kappa shape index (κ3) is 2.15. The number of hydrogen-bond acceptors (Lipinski definition) is 4. The fourth-order valence-electron chi connectivity index (χ4n) is 7.26. The maximum absolute atomic E-state index is 16.8. The van der Waals surface area contributed by atoms with Crippen molar-refractivity contribution in [1.29, 1.82) is 0 Å². The SMILES string of the molecule is C[C@H]1C[C@H]2[C@@H]3CCC4=CC(=O)C=C[C@]4(C)[C@@]3(F)[C@@H](O)C[C@]2(C)C1C(=O)C=O. The van der Waals surface area contributed by atoms with Crippen molar-refractivity contribution in [3.8, 4) is 0 Å². The van der Waals surface area contributed by atoms with Gasteiger partial charge in [-0.2, -0.15) is 0 Å². The molecule has 0 bridgehead atoms. The van der Waals surface area contributed by atoms with Gasteiger partial charge in [-0.3, -0.25) is 14.4 Å². The van der Waals surface area contributed by atoms with E-state index in [9.17, 15) is 19.5 Å². The highest BCUT2D eigenvalue weighted by Crippen LogP contribution is 2.69. The van der Waals surface area contributed by atoms with Gasteiger partial charge < -0.3 is 5.11 Å². The van der Waals surface area contributed by atoms with Gasteiger partial charge in [0.25, 0.3) is 0 Å². The van der Waals surface area contributed by atoms with Gasteiger partial charge in [0.15, 0.2) is 23.5 Å². The molecule has 0 aromatic heterocycles. The van der Waals surface area contributed by atoms with Crippen molar-refractivity contribution >= 4 is 17.9 Å². The molecular weight excluding hydrogens is 347 g/mol. The predicted molar refractivity (Wildman–Crippen MR) is 97.5 cm³/mol. The van der Waals surface area contributed by atoms with Crippen molar-refractivity contribution in [1.82, 2.24) is 0 Å². The molecule has 5 heteroatoms. The largest absolute Gasteiger partial charge is 0.390 e. The molecule has 0 aromatic carbocycles. The summed E-state index contributed by atoms with van der Waals surface area (Å²) in [5.74, 6) is -1.52. The smallest absolute Gasteiger partial charge is 0.199 e. The number of aliphatic hydroxyl groups excluding tert-OH is 1. The summed E-state index contributed by atoms with van der Waals surface area (Å²) in [5, 5.41) is 11.1. The highest BCUT2D eigenvalue weighted by atomic mass is 19.1. The summed E-state index contributed by atoms with van der Waals surface area (Å²) in [4.78, 5) is 35.4. The predicted octanol–water partition coefficient (Wildman–Crippen LogP) is 2.99. The number of halogens is 1. The molecule has 4 rings (SSSR count). The van der Waals surface area contributed by atoms with Crippen LogP contribution in [-0.2, 0) is 14.4 Å². The minimum atomic E-state index is -1.88. The molecule has 3 saturated carbocycles. The second-order valence-electron chi connectivity index (χ2n) is 9.56. The van der Waals surface area contributed by atoms with Crippen LogP contribution >= 0.6 is 0 Å². The zero-order valence-electron chi connectivity index (χ0n) is 16.1. The van der Waals surface area contributed by atoms with E-state index < -0.39 is 40.2 Å². The van der Waals surface area contributed by atoms with Crippen molar-refractivity contribution in [2.75, 3.05) is 0 Å². The van der Waals surface area contributed by atoms with Crippen LogP contribution in [0.25, 0.3) is 0 Å². The first kappa shape index (κ1) is 18.7. The number of aldehydes is 1. The molecule has 0 aliphatic heterocycles. The Labute approximate surface area is 158 Å². The molecule has 0 amide bonds. The summed E-state index contributed by atoms with van der Waals surface area (Å²) in [6, 6.07) is 0. The molecule has 146 valence electrons. The Morgan fingerprint density at radius 1 is 1.33 bits per heavy atom. The second kappa shape index (κ2) is 5.69. The lowest BCUT2D eigenvalue weighted by atomic mass is 9.45. The number of carbonyl (C=O) groups is 3. The first-order valence-corrected chi connectivity index (χ1v) is 9.90. The number of hydrogen-bond donors (Lipinski definition) is 1. The number of Topliss-reactive ketones (excluding diaryl/α,β-unsaturated/α-hetero) is 1. The van der Waals surface area contributed by atoms with Crippen LogP contribution in [0.1, 0.15) is 46.5 Å². The quantitative estimate of drug-likeness (QED) is 0.596. The van der Waals surface area contributed by atoms with E-state index in [1.54, 1.807) is 13.0 Å². The lowest BCUT2D eigenvalue weighted by Gasteiger charge is -2.61. The van der Waals surface area contributed by atoms with Crippen LogP contribution in [0.5, 0.6) is 0 Å². The average molecular weight is 374 g/mol. The van der Waals surface area contributed by atoms with E-state index in [0.717, 1.165) is 5.57 Å². The zero-order valence-corrected chi connectivity index (χ0v) is 16.1. The van der Waals surface area contributed by atoms with Gasteiger partial charge in [0.2, 0.25) is 0 Å². The third-order valence-corrected chi connectivity index (χ3v) is 8.40. The van der Waals surface area contributed by atoms with Crippen LogP contribution in [0.15, 0.2) is 23.8 Å². The Bertz CT molecular complexity index is 785. The number of rotatable bonds is 2. The number of fused-ring (bicyclic) bond motifs is 5. The lowest BCUT2D eigenvalue weighted by molar-refractivity contribution is -0.195. The molecule has 4 nitrogen and oxygen atoms in total. The fourth-order valence-corrected chi connectivity index (χ4v) is 7.26. The second-order valence-corrected chi connectivity index (χ2v) is 9.56. The van der Waals surface area contributed by atoms with Gasteiger partial charge in [-0.25, -0.2) is 4.39 Å². The van der Waals surface area contributed by atoms with E-state index in [0.29, 0.717) is 25.5 Å². The Kier molecular flexibility index (Phi) is 3.95. The highest BCUT2D eigenvalue weighted by Gasteiger charge is 2.71. The minimum absolute atomic E-state index is 0.0135. The molecule has 27 heavy (non-hydrogen) atoms. The molecule has 4 aliphatic carbocycles. The van der Waals surface area contributed by atoms with Gasteiger partial charge in [-0.1, -0.05) is 25.5 Å². The Hall–Kier alpha value is -1.62. The van der Waals surface area contributed by atoms with E-state index in [1.807, 2.05) is 13.8 Å². The minimum Gasteiger partial charge on any atom is -0.390 e. The topological polar surface area (TPSA) is 71.4 Å². The van der Waals surface area contributed by atoms with Crippen LogP contribution in [0.3, 0.4) is 0 Å². The van der Waals surface area contributed by atoms with Crippen LogP contribution in [0.4, 0.5) is 4.39 Å². The maximum atomic E-state index is 16.8. The molecule has 0 aromatic rings.